The Morgan fingerprint density at radius 2 is 1.86 bits per heavy atom. The molecule has 0 unspecified atom stereocenters. The molecule has 0 saturated carbocycles. The summed E-state index contributed by atoms with van der Waals surface area (Å²) in [5.74, 6) is -1.14. The van der Waals surface area contributed by atoms with E-state index in [2.05, 4.69) is 41.1 Å². The number of aromatic amines is 1. The van der Waals surface area contributed by atoms with Crippen LogP contribution in [0.1, 0.15) is 38.4 Å². The van der Waals surface area contributed by atoms with E-state index in [1.54, 1.807) is 13.8 Å². The lowest BCUT2D eigenvalue weighted by atomic mass is 9.96. The van der Waals surface area contributed by atoms with E-state index in [1.165, 1.54) is 22.2 Å². The van der Waals surface area contributed by atoms with Gasteiger partial charge in [-0.25, -0.2) is 13.2 Å². The number of para-hydroxylation sites is 1. The third-order valence-electron chi connectivity index (χ3n) is 6.68. The number of alkyl halides is 2. The molecule has 0 aliphatic carbocycles. The van der Waals surface area contributed by atoms with Crippen molar-refractivity contribution in [1.82, 2.24) is 14.8 Å². The van der Waals surface area contributed by atoms with Crippen molar-refractivity contribution in [2.45, 2.75) is 58.0 Å². The van der Waals surface area contributed by atoms with Crippen LogP contribution in [0.2, 0.25) is 0 Å². The summed E-state index contributed by atoms with van der Waals surface area (Å²) < 4.78 is 57.2. The molecule has 3 aromatic rings. The molecule has 2 aliphatic heterocycles. The van der Waals surface area contributed by atoms with E-state index in [0.29, 0.717) is 38.6 Å². The molecule has 1 fully saturated rings. The fourth-order valence-electron chi connectivity index (χ4n) is 4.91. The topological polar surface area (TPSA) is 31.5 Å². The van der Waals surface area contributed by atoms with Crippen LogP contribution < -0.4 is 4.74 Å². The zero-order chi connectivity index (χ0) is 25.9. The average Bonchev–Trinajstić information content (AvgIpc) is 3.14. The van der Waals surface area contributed by atoms with Crippen molar-refractivity contribution >= 4 is 10.9 Å². The van der Waals surface area contributed by atoms with Crippen LogP contribution in [0.3, 0.4) is 0 Å². The van der Waals surface area contributed by atoms with E-state index in [1.807, 2.05) is 4.90 Å². The third kappa shape index (κ3) is 6.59. The maximum absolute atomic E-state index is 13.9. The number of nitrogens with one attached hydrogen (secondary N) is 1. The molecule has 2 aliphatic rings. The first-order chi connectivity index (χ1) is 17.1. The van der Waals surface area contributed by atoms with Gasteiger partial charge in [0.1, 0.15) is 17.6 Å². The third-order valence-corrected chi connectivity index (χ3v) is 6.68. The lowest BCUT2D eigenvalue weighted by Gasteiger charge is -2.38. The molecule has 8 heteroatoms. The number of hydrogen-bond acceptors (Lipinski definition) is 3. The van der Waals surface area contributed by atoms with E-state index in [0.717, 1.165) is 31.2 Å². The molecule has 1 saturated heterocycles. The number of nitrogens with zero attached hydrogens (tertiary/aromatic N) is 2. The highest BCUT2D eigenvalue weighted by Crippen LogP contribution is 2.31. The largest absolute Gasteiger partial charge is 0.485 e. The van der Waals surface area contributed by atoms with Crippen molar-refractivity contribution in [1.29, 1.82) is 0 Å². The van der Waals surface area contributed by atoms with Gasteiger partial charge in [0.25, 0.3) is 0 Å². The highest BCUT2D eigenvalue weighted by Gasteiger charge is 2.30. The summed E-state index contributed by atoms with van der Waals surface area (Å²) in [6.45, 7) is 8.42. The zero-order valence-corrected chi connectivity index (χ0v) is 21.2. The molecule has 1 aromatic heterocycles. The number of aromatic nitrogens is 1. The van der Waals surface area contributed by atoms with Crippen LogP contribution in [-0.4, -0.2) is 65.5 Å². The van der Waals surface area contributed by atoms with E-state index in [4.69, 9.17) is 4.74 Å². The van der Waals surface area contributed by atoms with Gasteiger partial charge in [0.05, 0.1) is 6.67 Å². The summed E-state index contributed by atoms with van der Waals surface area (Å²) in [5, 5.41) is 1.32. The Hall–Kier alpha value is -2.58. The normalized spacial score (nSPS) is 18.9. The molecular weight excluding hydrogens is 470 g/mol. The summed E-state index contributed by atoms with van der Waals surface area (Å²) in [7, 11) is 0. The quantitative estimate of drug-likeness (QED) is 0.397. The molecule has 5 rings (SSSR count). The number of hydrogen-bond donors (Lipinski definition) is 1. The molecule has 0 radical (unpaired) electrons. The Labute approximate surface area is 210 Å². The van der Waals surface area contributed by atoms with Gasteiger partial charge in [-0.2, -0.15) is 0 Å². The summed E-state index contributed by atoms with van der Waals surface area (Å²) in [6.07, 6.45) is 1.36. The van der Waals surface area contributed by atoms with Crippen LogP contribution in [0.5, 0.6) is 5.75 Å². The lowest BCUT2D eigenvalue weighted by molar-refractivity contribution is 0.0160. The van der Waals surface area contributed by atoms with Gasteiger partial charge in [-0.3, -0.25) is 14.2 Å². The van der Waals surface area contributed by atoms with Crippen LogP contribution in [0, 0.1) is 11.6 Å². The van der Waals surface area contributed by atoms with Crippen molar-refractivity contribution in [3.63, 3.8) is 0 Å². The van der Waals surface area contributed by atoms with Crippen LogP contribution in [0.25, 0.3) is 10.9 Å². The van der Waals surface area contributed by atoms with Crippen LogP contribution in [0.4, 0.5) is 17.6 Å². The maximum atomic E-state index is 13.9. The fraction of sp³-hybridized carbons (Fsp3) is 0.500. The number of benzene rings is 2. The van der Waals surface area contributed by atoms with Crippen LogP contribution >= 0.6 is 0 Å². The Bertz CT molecular complexity index is 1150. The first-order valence-electron chi connectivity index (χ1n) is 12.5. The fourth-order valence-corrected chi connectivity index (χ4v) is 4.91. The number of ether oxygens (including phenoxy) is 1. The minimum Gasteiger partial charge on any atom is -0.485 e. The van der Waals surface area contributed by atoms with Gasteiger partial charge in [0.15, 0.2) is 11.6 Å². The molecule has 36 heavy (non-hydrogen) atoms. The summed E-state index contributed by atoms with van der Waals surface area (Å²) in [6, 6.07) is 11.9. The van der Waals surface area contributed by atoms with Crippen molar-refractivity contribution in [3.8, 4) is 5.75 Å². The zero-order valence-electron chi connectivity index (χ0n) is 21.2. The second-order valence-electron chi connectivity index (χ2n) is 10.4. The second-order valence-corrected chi connectivity index (χ2v) is 10.4. The molecular formula is C28H35F4N3O. The monoisotopic (exact) mass is 505 g/mol. The molecule has 1 N–H and O–H groups in total. The van der Waals surface area contributed by atoms with Gasteiger partial charge >= 0.3 is 0 Å². The molecule has 1 atom stereocenters. The van der Waals surface area contributed by atoms with Gasteiger partial charge in [-0.15, -0.1) is 0 Å². The van der Waals surface area contributed by atoms with Gasteiger partial charge in [-0.1, -0.05) is 18.2 Å². The summed E-state index contributed by atoms with van der Waals surface area (Å²) in [4.78, 5) is 7.74. The minimum absolute atomic E-state index is 0.0554. The number of rotatable bonds is 7. The molecule has 3 heterocycles. The van der Waals surface area contributed by atoms with Crippen LogP contribution in [0.15, 0.2) is 42.5 Å². The van der Waals surface area contributed by atoms with E-state index < -0.39 is 17.3 Å². The molecule has 196 valence electrons. The summed E-state index contributed by atoms with van der Waals surface area (Å²) in [5.41, 5.74) is 2.72. The smallest absolute Gasteiger partial charge is 0.165 e. The molecule has 2 aromatic carbocycles. The lowest BCUT2D eigenvalue weighted by Crippen LogP contribution is -2.54. The molecule has 4 nitrogen and oxygen atoms in total. The SMILES string of the molecule is C[C@@H]1Cc2c([nH]c3ccccc23)CN1CC(C)(C)F.FCCCN1CC(Oc2cc(F)ccc2F)C1. The highest BCUT2D eigenvalue weighted by atomic mass is 19.1. The minimum atomic E-state index is -1.14. The first-order valence-corrected chi connectivity index (χ1v) is 12.5. The molecule has 0 amide bonds. The van der Waals surface area contributed by atoms with Gasteiger partial charge in [0.2, 0.25) is 0 Å². The van der Waals surface area contributed by atoms with Gasteiger partial charge in [0, 0.05) is 61.4 Å². The van der Waals surface area contributed by atoms with Crippen molar-refractivity contribution in [3.05, 3.63) is 65.4 Å². The number of H-pyrrole nitrogens is 1. The van der Waals surface area contributed by atoms with E-state index in [-0.39, 0.29) is 18.5 Å². The van der Waals surface area contributed by atoms with E-state index in [9.17, 15) is 17.6 Å². The van der Waals surface area contributed by atoms with Crippen LogP contribution in [-0.2, 0) is 13.0 Å². The number of halogens is 4. The second kappa shape index (κ2) is 11.2. The Kier molecular flexibility index (Phi) is 8.25. The van der Waals surface area contributed by atoms with Crippen molar-refractivity contribution in [2.75, 3.05) is 32.9 Å². The predicted octanol–water partition coefficient (Wildman–Crippen LogP) is 6.05. The Balaban J connectivity index is 0.000000170. The van der Waals surface area contributed by atoms with Gasteiger partial charge < -0.3 is 9.72 Å². The maximum Gasteiger partial charge on any atom is 0.165 e. The van der Waals surface area contributed by atoms with Gasteiger partial charge in [-0.05, 0) is 57.4 Å². The van der Waals surface area contributed by atoms with Crippen molar-refractivity contribution in [2.24, 2.45) is 0 Å². The average molecular weight is 506 g/mol. The first kappa shape index (κ1) is 26.5. The van der Waals surface area contributed by atoms with E-state index >= 15 is 0 Å². The van der Waals surface area contributed by atoms with Crippen molar-refractivity contribution < 1.29 is 22.3 Å². The Morgan fingerprint density at radius 3 is 2.58 bits per heavy atom. The standard InChI is InChI=1S/C16H21FN2.C12H14F3NO/c1-11-8-13-12-6-4-5-7-14(12)18-15(13)9-19(11)10-16(2,3)17;13-4-1-5-16-7-10(8-16)17-12-6-9(14)2-3-11(12)15/h4-7,11,18H,8-10H2,1-3H3;2-3,6,10H,1,4-5,7-8H2/t11-;/m1./s1. The molecule has 0 bridgehead atoms. The highest BCUT2D eigenvalue weighted by molar-refractivity contribution is 5.84. The molecule has 0 spiro atoms. The predicted molar refractivity (Wildman–Crippen MR) is 135 cm³/mol. The summed E-state index contributed by atoms with van der Waals surface area (Å²) >= 11 is 0. The number of likely N-dealkylation sites (tertiary alicyclic amines) is 1. The Morgan fingerprint density at radius 1 is 1.11 bits per heavy atom. The number of fused-ring (bicyclic) bond motifs is 3.